The van der Waals surface area contributed by atoms with E-state index in [4.69, 9.17) is 10.00 Å². The molecule has 0 bridgehead atoms. The Morgan fingerprint density at radius 3 is 2.53 bits per heavy atom. The Balaban J connectivity index is 2.35. The molecule has 0 N–H and O–H groups in total. The van der Waals surface area contributed by atoms with Gasteiger partial charge >= 0.3 is 0 Å². The summed E-state index contributed by atoms with van der Waals surface area (Å²) in [4.78, 5) is 2.04. The predicted octanol–water partition coefficient (Wildman–Crippen LogP) is 4.10. The molecule has 0 heterocycles. The van der Waals surface area contributed by atoms with Gasteiger partial charge in [-0.2, -0.15) is 5.26 Å². The molecule has 0 aliphatic rings. The van der Waals surface area contributed by atoms with E-state index in [0.717, 1.165) is 21.6 Å². The van der Waals surface area contributed by atoms with Crippen LogP contribution < -0.4 is 9.64 Å². The summed E-state index contributed by atoms with van der Waals surface area (Å²) in [6.45, 7) is 0. The van der Waals surface area contributed by atoms with Crippen LogP contribution in [0.4, 0.5) is 11.4 Å². The maximum absolute atomic E-state index is 8.92. The van der Waals surface area contributed by atoms with Crippen molar-refractivity contribution in [3.8, 4) is 11.8 Å². The normalized spacial score (nSPS) is 9.79. The van der Waals surface area contributed by atoms with Gasteiger partial charge < -0.3 is 9.64 Å². The van der Waals surface area contributed by atoms with Crippen molar-refractivity contribution in [2.45, 2.75) is 0 Å². The van der Waals surface area contributed by atoms with E-state index in [-0.39, 0.29) is 0 Å². The Labute approximate surface area is 121 Å². The fourth-order valence-electron chi connectivity index (χ4n) is 1.77. The van der Waals surface area contributed by atoms with Crippen molar-refractivity contribution in [2.24, 2.45) is 0 Å². The van der Waals surface area contributed by atoms with E-state index in [1.165, 1.54) is 0 Å². The predicted molar refractivity (Wildman–Crippen MR) is 79.9 cm³/mol. The van der Waals surface area contributed by atoms with Gasteiger partial charge in [-0.05, 0) is 46.3 Å². The molecule has 0 amide bonds. The van der Waals surface area contributed by atoms with Crippen molar-refractivity contribution >= 4 is 27.3 Å². The summed E-state index contributed by atoms with van der Waals surface area (Å²) < 4.78 is 6.02. The van der Waals surface area contributed by atoms with Crippen LogP contribution in [0.3, 0.4) is 0 Å². The lowest BCUT2D eigenvalue weighted by atomic mass is 10.2. The van der Waals surface area contributed by atoms with Crippen molar-refractivity contribution in [3.63, 3.8) is 0 Å². The van der Waals surface area contributed by atoms with Gasteiger partial charge in [0.2, 0.25) is 0 Å². The first-order chi connectivity index (χ1) is 9.15. The van der Waals surface area contributed by atoms with E-state index in [9.17, 15) is 0 Å². The molecule has 0 aliphatic heterocycles. The lowest BCUT2D eigenvalue weighted by Gasteiger charge is -2.20. The molecule has 0 spiro atoms. The molecule has 0 atom stereocenters. The fourth-order valence-corrected chi connectivity index (χ4v) is 2.23. The average Bonchev–Trinajstić information content (AvgIpc) is 2.46. The van der Waals surface area contributed by atoms with Gasteiger partial charge in [-0.25, -0.2) is 0 Å². The van der Waals surface area contributed by atoms with Crippen molar-refractivity contribution in [1.82, 2.24) is 0 Å². The number of benzene rings is 2. The highest BCUT2D eigenvalue weighted by atomic mass is 79.9. The Morgan fingerprint density at radius 2 is 1.89 bits per heavy atom. The van der Waals surface area contributed by atoms with Crippen LogP contribution in [0.25, 0.3) is 0 Å². The van der Waals surface area contributed by atoms with Crippen molar-refractivity contribution in [3.05, 3.63) is 52.5 Å². The first-order valence-electron chi connectivity index (χ1n) is 5.73. The number of methoxy groups -OCH3 is 1. The van der Waals surface area contributed by atoms with Gasteiger partial charge in [0.05, 0.1) is 12.7 Å². The van der Waals surface area contributed by atoms with Gasteiger partial charge in [0.1, 0.15) is 11.8 Å². The molecule has 0 saturated heterocycles. The second kappa shape index (κ2) is 5.77. The SMILES string of the molecule is COc1cccc(N(C)c2ccc(C#N)c(Br)c2)c1. The van der Waals surface area contributed by atoms with E-state index in [1.54, 1.807) is 13.2 Å². The minimum Gasteiger partial charge on any atom is -0.497 e. The van der Waals surface area contributed by atoms with Gasteiger partial charge in [0.25, 0.3) is 0 Å². The van der Waals surface area contributed by atoms with Gasteiger partial charge in [0, 0.05) is 29.0 Å². The molecule has 0 fully saturated rings. The molecule has 0 aromatic heterocycles. The number of nitriles is 1. The number of hydrogen-bond acceptors (Lipinski definition) is 3. The lowest BCUT2D eigenvalue weighted by molar-refractivity contribution is 0.415. The van der Waals surface area contributed by atoms with Crippen LogP contribution in [0.1, 0.15) is 5.56 Å². The zero-order valence-electron chi connectivity index (χ0n) is 10.7. The summed E-state index contributed by atoms with van der Waals surface area (Å²) in [7, 11) is 3.63. The van der Waals surface area contributed by atoms with E-state index in [0.29, 0.717) is 5.56 Å². The smallest absolute Gasteiger partial charge is 0.120 e. The zero-order chi connectivity index (χ0) is 13.8. The molecule has 0 unspecified atom stereocenters. The van der Waals surface area contributed by atoms with E-state index in [2.05, 4.69) is 22.0 Å². The highest BCUT2D eigenvalue weighted by Gasteiger charge is 2.07. The molecule has 19 heavy (non-hydrogen) atoms. The van der Waals surface area contributed by atoms with Gasteiger partial charge in [-0.15, -0.1) is 0 Å². The summed E-state index contributed by atoms with van der Waals surface area (Å²) in [5.74, 6) is 0.817. The van der Waals surface area contributed by atoms with Gasteiger partial charge in [-0.1, -0.05) is 6.07 Å². The average molecular weight is 317 g/mol. The Kier molecular flexibility index (Phi) is 4.08. The molecule has 2 rings (SSSR count). The third-order valence-electron chi connectivity index (χ3n) is 2.90. The molecule has 0 aliphatic carbocycles. The van der Waals surface area contributed by atoms with Crippen molar-refractivity contribution in [2.75, 3.05) is 19.1 Å². The quantitative estimate of drug-likeness (QED) is 0.855. The minimum absolute atomic E-state index is 0.628. The third-order valence-corrected chi connectivity index (χ3v) is 3.56. The molecule has 0 radical (unpaired) electrons. The van der Waals surface area contributed by atoms with Gasteiger partial charge in [-0.3, -0.25) is 0 Å². The van der Waals surface area contributed by atoms with Crippen molar-refractivity contribution in [1.29, 1.82) is 5.26 Å². The summed E-state index contributed by atoms with van der Waals surface area (Å²) in [5, 5.41) is 8.92. The standard InChI is InChI=1S/C15H13BrN2O/c1-18(12-4-3-5-14(8-12)19-2)13-7-6-11(10-17)15(16)9-13/h3-9H,1-2H3. The number of ether oxygens (including phenoxy) is 1. The minimum atomic E-state index is 0.628. The second-order valence-electron chi connectivity index (χ2n) is 4.04. The molecular formula is C15H13BrN2O. The third kappa shape index (κ3) is 2.88. The lowest BCUT2D eigenvalue weighted by Crippen LogP contribution is -2.09. The van der Waals surface area contributed by atoms with Crippen molar-refractivity contribution < 1.29 is 4.74 Å². The summed E-state index contributed by atoms with van der Waals surface area (Å²) in [5.41, 5.74) is 2.65. The summed E-state index contributed by atoms with van der Waals surface area (Å²) >= 11 is 3.40. The van der Waals surface area contributed by atoms with Crippen LogP contribution in [-0.2, 0) is 0 Å². The first kappa shape index (κ1) is 13.4. The molecular weight excluding hydrogens is 304 g/mol. The summed E-state index contributed by atoms with van der Waals surface area (Å²) in [6.07, 6.45) is 0. The van der Waals surface area contributed by atoms with E-state index in [1.807, 2.05) is 48.3 Å². The molecule has 96 valence electrons. The number of anilines is 2. The van der Waals surface area contributed by atoms with Gasteiger partial charge in [0.15, 0.2) is 0 Å². The Morgan fingerprint density at radius 1 is 1.16 bits per heavy atom. The van der Waals surface area contributed by atoms with Crippen LogP contribution in [-0.4, -0.2) is 14.2 Å². The maximum Gasteiger partial charge on any atom is 0.120 e. The monoisotopic (exact) mass is 316 g/mol. The van der Waals surface area contributed by atoms with E-state index < -0.39 is 0 Å². The van der Waals surface area contributed by atoms with Crippen LogP contribution in [0.15, 0.2) is 46.9 Å². The molecule has 0 saturated carbocycles. The van der Waals surface area contributed by atoms with Crippen LogP contribution in [0.2, 0.25) is 0 Å². The number of hydrogen-bond donors (Lipinski definition) is 0. The fraction of sp³-hybridized carbons (Fsp3) is 0.133. The topological polar surface area (TPSA) is 36.3 Å². The molecule has 3 nitrogen and oxygen atoms in total. The first-order valence-corrected chi connectivity index (χ1v) is 6.52. The van der Waals surface area contributed by atoms with Crippen LogP contribution in [0, 0.1) is 11.3 Å². The highest BCUT2D eigenvalue weighted by molar-refractivity contribution is 9.10. The second-order valence-corrected chi connectivity index (χ2v) is 4.89. The highest BCUT2D eigenvalue weighted by Crippen LogP contribution is 2.29. The number of nitrogens with zero attached hydrogens (tertiary/aromatic N) is 2. The van der Waals surface area contributed by atoms with E-state index >= 15 is 0 Å². The molecule has 2 aromatic carbocycles. The summed E-state index contributed by atoms with van der Waals surface area (Å²) in [6, 6.07) is 15.6. The van der Waals surface area contributed by atoms with Crippen LogP contribution >= 0.6 is 15.9 Å². The zero-order valence-corrected chi connectivity index (χ0v) is 12.3. The molecule has 4 heteroatoms. The number of halogens is 1. The number of rotatable bonds is 3. The Bertz CT molecular complexity index is 634. The Hall–Kier alpha value is -1.99. The van der Waals surface area contributed by atoms with Crippen LogP contribution in [0.5, 0.6) is 5.75 Å². The maximum atomic E-state index is 8.92. The largest absolute Gasteiger partial charge is 0.497 e. The molecule has 2 aromatic rings.